The maximum absolute atomic E-state index is 12.7. The number of carbonyl (C=O) groups excluding carboxylic acids is 3. The molecule has 0 saturated carbocycles. The molecule has 0 spiro atoms. The standard InChI is InChI=1S/C24H21N5O7/c1-2-36-18-10-7-16(8-11-18)26-22(31)19-5-3-4-6-20(19)27-23(32)24(33)28-25-14-15-13-17(29(34)35)9-12-21(15)30/h3-14,30H,2H2,1H3,(H,26,31)(H,27,32)(H,28,33). The summed E-state index contributed by atoms with van der Waals surface area (Å²) in [7, 11) is 0. The first-order valence-corrected chi connectivity index (χ1v) is 10.5. The van der Waals surface area contributed by atoms with Crippen LogP contribution in [0, 0.1) is 10.1 Å². The molecule has 0 aliphatic rings. The van der Waals surface area contributed by atoms with Crippen molar-refractivity contribution in [1.82, 2.24) is 5.43 Å². The van der Waals surface area contributed by atoms with E-state index in [1.807, 2.05) is 12.3 Å². The Bertz CT molecular complexity index is 1320. The van der Waals surface area contributed by atoms with E-state index in [1.54, 1.807) is 36.4 Å². The van der Waals surface area contributed by atoms with Crippen molar-refractivity contribution in [3.8, 4) is 11.5 Å². The summed E-state index contributed by atoms with van der Waals surface area (Å²) in [6, 6.07) is 16.1. The number of phenols is 1. The van der Waals surface area contributed by atoms with Gasteiger partial charge in [-0.2, -0.15) is 5.10 Å². The van der Waals surface area contributed by atoms with Crippen LogP contribution in [0.3, 0.4) is 0 Å². The lowest BCUT2D eigenvalue weighted by atomic mass is 10.1. The summed E-state index contributed by atoms with van der Waals surface area (Å²) in [6.45, 7) is 2.37. The number of amides is 3. The number of aromatic hydroxyl groups is 1. The monoisotopic (exact) mass is 491 g/mol. The molecule has 0 radical (unpaired) electrons. The van der Waals surface area contributed by atoms with Crippen molar-refractivity contribution in [2.75, 3.05) is 17.2 Å². The van der Waals surface area contributed by atoms with E-state index in [-0.39, 0.29) is 28.3 Å². The topological polar surface area (TPSA) is 172 Å². The number of rotatable bonds is 8. The molecule has 0 aromatic heterocycles. The Morgan fingerprint density at radius 3 is 2.44 bits per heavy atom. The number of nitrogens with zero attached hydrogens (tertiary/aromatic N) is 2. The molecule has 3 amide bonds. The van der Waals surface area contributed by atoms with Gasteiger partial charge in [-0.25, -0.2) is 5.43 Å². The lowest BCUT2D eigenvalue weighted by Crippen LogP contribution is -2.33. The quantitative estimate of drug-likeness (QED) is 0.162. The summed E-state index contributed by atoms with van der Waals surface area (Å²) in [5.41, 5.74) is 2.32. The molecule has 3 aromatic rings. The van der Waals surface area contributed by atoms with E-state index < -0.39 is 22.6 Å². The highest BCUT2D eigenvalue weighted by molar-refractivity contribution is 6.40. The average Bonchev–Trinajstić information content (AvgIpc) is 2.86. The van der Waals surface area contributed by atoms with Crippen molar-refractivity contribution in [3.05, 3.63) is 88.0 Å². The van der Waals surface area contributed by atoms with Gasteiger partial charge in [0.25, 0.3) is 11.6 Å². The average molecular weight is 491 g/mol. The van der Waals surface area contributed by atoms with Crippen LogP contribution in [-0.4, -0.2) is 40.6 Å². The molecule has 0 atom stereocenters. The molecule has 4 N–H and O–H groups in total. The van der Waals surface area contributed by atoms with E-state index in [9.17, 15) is 29.6 Å². The molecule has 0 heterocycles. The number of hydrogen-bond acceptors (Lipinski definition) is 8. The fourth-order valence-electron chi connectivity index (χ4n) is 2.94. The molecule has 3 aromatic carbocycles. The minimum Gasteiger partial charge on any atom is -0.507 e. The number of anilines is 2. The number of nitro groups is 1. The van der Waals surface area contributed by atoms with E-state index in [1.165, 1.54) is 12.1 Å². The summed E-state index contributed by atoms with van der Waals surface area (Å²) in [5, 5.41) is 29.2. The largest absolute Gasteiger partial charge is 0.507 e. The molecule has 12 nitrogen and oxygen atoms in total. The number of phenolic OH excluding ortho intramolecular Hbond substituents is 1. The number of para-hydroxylation sites is 1. The smallest absolute Gasteiger partial charge is 0.329 e. The van der Waals surface area contributed by atoms with Gasteiger partial charge in [0, 0.05) is 23.4 Å². The lowest BCUT2D eigenvalue weighted by molar-refractivity contribution is -0.384. The highest BCUT2D eigenvalue weighted by Crippen LogP contribution is 2.22. The third kappa shape index (κ3) is 6.63. The van der Waals surface area contributed by atoms with Crippen LogP contribution in [0.5, 0.6) is 11.5 Å². The highest BCUT2D eigenvalue weighted by Gasteiger charge is 2.18. The molecular weight excluding hydrogens is 470 g/mol. The SMILES string of the molecule is CCOc1ccc(NC(=O)c2ccccc2NC(=O)C(=O)NN=Cc2cc([N+](=O)[O-])ccc2O)cc1. The molecule has 0 fully saturated rings. The first kappa shape index (κ1) is 25.4. The van der Waals surface area contributed by atoms with Crippen molar-refractivity contribution in [3.63, 3.8) is 0 Å². The zero-order valence-corrected chi connectivity index (χ0v) is 18.9. The molecule has 0 aliphatic carbocycles. The molecule has 0 unspecified atom stereocenters. The molecule has 0 aliphatic heterocycles. The molecule has 12 heteroatoms. The van der Waals surface area contributed by atoms with Crippen LogP contribution in [0.4, 0.5) is 17.1 Å². The number of benzene rings is 3. The van der Waals surface area contributed by atoms with E-state index in [0.717, 1.165) is 24.4 Å². The zero-order valence-electron chi connectivity index (χ0n) is 18.9. The van der Waals surface area contributed by atoms with Crippen molar-refractivity contribution >= 4 is 41.0 Å². The third-order valence-electron chi connectivity index (χ3n) is 4.64. The van der Waals surface area contributed by atoms with Gasteiger partial charge in [-0.3, -0.25) is 24.5 Å². The van der Waals surface area contributed by atoms with Crippen LogP contribution < -0.4 is 20.8 Å². The van der Waals surface area contributed by atoms with Gasteiger partial charge in [0.15, 0.2) is 0 Å². The van der Waals surface area contributed by atoms with Gasteiger partial charge in [0.05, 0.1) is 29.0 Å². The van der Waals surface area contributed by atoms with E-state index in [0.29, 0.717) is 18.0 Å². The Balaban J connectivity index is 1.64. The molecule has 3 rings (SSSR count). The summed E-state index contributed by atoms with van der Waals surface area (Å²) in [4.78, 5) is 47.4. The molecule has 0 saturated heterocycles. The number of nitrogens with one attached hydrogen (secondary N) is 3. The number of hydrazone groups is 1. The Hall–Kier alpha value is -5.26. The van der Waals surface area contributed by atoms with Gasteiger partial charge in [-0.05, 0) is 49.4 Å². The third-order valence-corrected chi connectivity index (χ3v) is 4.64. The Morgan fingerprint density at radius 2 is 1.75 bits per heavy atom. The predicted octanol–water partition coefficient (Wildman–Crippen LogP) is 3.04. The maximum atomic E-state index is 12.7. The van der Waals surface area contributed by atoms with Gasteiger partial charge < -0.3 is 20.5 Å². The van der Waals surface area contributed by atoms with Gasteiger partial charge in [-0.1, -0.05) is 12.1 Å². The number of nitro benzene ring substituents is 1. The van der Waals surface area contributed by atoms with E-state index in [4.69, 9.17) is 4.74 Å². The van der Waals surface area contributed by atoms with Crippen molar-refractivity contribution in [2.24, 2.45) is 5.10 Å². The van der Waals surface area contributed by atoms with Gasteiger partial charge in [-0.15, -0.1) is 0 Å². The number of hydrogen-bond donors (Lipinski definition) is 4. The first-order chi connectivity index (χ1) is 17.3. The van der Waals surface area contributed by atoms with Gasteiger partial charge in [0.2, 0.25) is 0 Å². The minimum atomic E-state index is -1.17. The van der Waals surface area contributed by atoms with Crippen molar-refractivity contribution < 1.29 is 29.2 Å². The molecule has 36 heavy (non-hydrogen) atoms. The Kier molecular flexibility index (Phi) is 8.27. The number of ether oxygens (including phenoxy) is 1. The fraction of sp³-hybridized carbons (Fsp3) is 0.0833. The van der Waals surface area contributed by atoms with Gasteiger partial charge >= 0.3 is 11.8 Å². The van der Waals surface area contributed by atoms with Crippen LogP contribution in [-0.2, 0) is 9.59 Å². The van der Waals surface area contributed by atoms with Crippen LogP contribution in [0.15, 0.2) is 71.8 Å². The van der Waals surface area contributed by atoms with Crippen molar-refractivity contribution in [2.45, 2.75) is 6.92 Å². The second kappa shape index (κ2) is 11.7. The summed E-state index contributed by atoms with van der Waals surface area (Å²) in [6.07, 6.45) is 0.950. The Labute approximate surface area is 204 Å². The van der Waals surface area contributed by atoms with Crippen LogP contribution in [0.2, 0.25) is 0 Å². The van der Waals surface area contributed by atoms with Crippen LogP contribution in [0.25, 0.3) is 0 Å². The zero-order chi connectivity index (χ0) is 26.1. The maximum Gasteiger partial charge on any atom is 0.329 e. The summed E-state index contributed by atoms with van der Waals surface area (Å²) in [5.74, 6) is -2.46. The summed E-state index contributed by atoms with van der Waals surface area (Å²) >= 11 is 0. The number of non-ortho nitro benzene ring substituents is 1. The minimum absolute atomic E-state index is 0.0405. The van der Waals surface area contributed by atoms with Gasteiger partial charge in [0.1, 0.15) is 11.5 Å². The predicted molar refractivity (Wildman–Crippen MR) is 131 cm³/mol. The fourth-order valence-corrected chi connectivity index (χ4v) is 2.94. The lowest BCUT2D eigenvalue weighted by Gasteiger charge is -2.11. The molecule has 184 valence electrons. The normalized spacial score (nSPS) is 10.5. The summed E-state index contributed by atoms with van der Waals surface area (Å²) < 4.78 is 5.36. The highest BCUT2D eigenvalue weighted by atomic mass is 16.6. The van der Waals surface area contributed by atoms with Crippen molar-refractivity contribution in [1.29, 1.82) is 0 Å². The second-order valence-corrected chi connectivity index (χ2v) is 7.11. The van der Waals surface area contributed by atoms with Crippen LogP contribution in [0.1, 0.15) is 22.8 Å². The molecule has 0 bridgehead atoms. The first-order valence-electron chi connectivity index (χ1n) is 10.5. The van der Waals surface area contributed by atoms with E-state index in [2.05, 4.69) is 15.7 Å². The van der Waals surface area contributed by atoms with E-state index >= 15 is 0 Å². The Morgan fingerprint density at radius 1 is 1.03 bits per heavy atom. The molecular formula is C24H21N5O7. The number of carbonyl (C=O) groups is 3. The second-order valence-electron chi connectivity index (χ2n) is 7.11. The van der Waals surface area contributed by atoms with Crippen LogP contribution >= 0.6 is 0 Å².